The largest absolute Gasteiger partial charge is 0.351 e. The second-order valence-electron chi connectivity index (χ2n) is 5.70. The molecule has 0 bridgehead atoms. The van der Waals surface area contributed by atoms with Crippen molar-refractivity contribution in [3.63, 3.8) is 0 Å². The monoisotopic (exact) mass is 330 g/mol. The molecule has 0 radical (unpaired) electrons. The number of benzene rings is 1. The van der Waals surface area contributed by atoms with Crippen LogP contribution in [0.5, 0.6) is 0 Å². The molecule has 0 aliphatic carbocycles. The van der Waals surface area contributed by atoms with Crippen LogP contribution in [-0.2, 0) is 7.05 Å². The molecule has 1 aliphatic heterocycles. The number of nitrogens with zero attached hydrogens (tertiary/aromatic N) is 2. The van der Waals surface area contributed by atoms with Gasteiger partial charge in [0.1, 0.15) is 0 Å². The van der Waals surface area contributed by atoms with Gasteiger partial charge in [-0.3, -0.25) is 4.79 Å². The Labute approximate surface area is 140 Å². The van der Waals surface area contributed by atoms with Gasteiger partial charge in [0.15, 0.2) is 5.16 Å². The molecule has 1 amide bonds. The lowest BCUT2D eigenvalue weighted by molar-refractivity contribution is 0.0955. The summed E-state index contributed by atoms with van der Waals surface area (Å²) in [6, 6.07) is 7.95. The van der Waals surface area contributed by atoms with Crippen molar-refractivity contribution in [2.45, 2.75) is 17.5 Å². The Balaban J connectivity index is 1.55. The van der Waals surface area contributed by atoms with Crippen molar-refractivity contribution in [2.24, 2.45) is 7.05 Å². The van der Waals surface area contributed by atoms with Gasteiger partial charge in [0.05, 0.1) is 0 Å². The fourth-order valence-corrected chi connectivity index (χ4v) is 3.66. The third kappa shape index (κ3) is 3.95. The summed E-state index contributed by atoms with van der Waals surface area (Å²) in [5.41, 5.74) is 1.97. The van der Waals surface area contributed by atoms with Crippen LogP contribution in [0.1, 0.15) is 28.3 Å². The van der Waals surface area contributed by atoms with Gasteiger partial charge in [-0.05, 0) is 30.5 Å². The number of thioether (sulfide) groups is 1. The van der Waals surface area contributed by atoms with Crippen LogP contribution in [0, 0.1) is 0 Å². The molecule has 0 unspecified atom stereocenters. The Kier molecular flexibility index (Phi) is 5.35. The molecule has 23 heavy (non-hydrogen) atoms. The van der Waals surface area contributed by atoms with Gasteiger partial charge in [0.25, 0.3) is 5.91 Å². The summed E-state index contributed by atoms with van der Waals surface area (Å²) >= 11 is 1.65. The summed E-state index contributed by atoms with van der Waals surface area (Å²) in [6.07, 6.45) is 4.80. The Morgan fingerprint density at radius 3 is 3.09 bits per heavy atom. The van der Waals surface area contributed by atoms with E-state index in [-0.39, 0.29) is 5.91 Å². The van der Waals surface area contributed by atoms with E-state index in [4.69, 9.17) is 0 Å². The highest BCUT2D eigenvalue weighted by molar-refractivity contribution is 7.99. The van der Waals surface area contributed by atoms with E-state index < -0.39 is 0 Å². The number of imidazole rings is 1. The van der Waals surface area contributed by atoms with Gasteiger partial charge < -0.3 is 15.2 Å². The van der Waals surface area contributed by atoms with Crippen molar-refractivity contribution in [3.05, 3.63) is 47.8 Å². The summed E-state index contributed by atoms with van der Waals surface area (Å²) in [5, 5.41) is 7.36. The number of carbonyl (C=O) groups excluding carboxylic acids is 1. The summed E-state index contributed by atoms with van der Waals surface area (Å²) in [7, 11) is 1.97. The molecule has 0 spiro atoms. The van der Waals surface area contributed by atoms with Crippen LogP contribution < -0.4 is 10.6 Å². The van der Waals surface area contributed by atoms with Gasteiger partial charge >= 0.3 is 0 Å². The highest BCUT2D eigenvalue weighted by Crippen LogP contribution is 2.25. The number of hydrogen-bond acceptors (Lipinski definition) is 4. The van der Waals surface area contributed by atoms with E-state index >= 15 is 0 Å². The maximum Gasteiger partial charge on any atom is 0.251 e. The number of aryl methyl sites for hydroxylation is 1. The van der Waals surface area contributed by atoms with Gasteiger partial charge in [-0.25, -0.2) is 4.98 Å². The van der Waals surface area contributed by atoms with E-state index in [9.17, 15) is 4.79 Å². The quantitative estimate of drug-likeness (QED) is 0.628. The van der Waals surface area contributed by atoms with E-state index in [0.29, 0.717) is 12.5 Å². The minimum atomic E-state index is 0.0212. The molecule has 1 aromatic heterocycles. The van der Waals surface area contributed by atoms with Gasteiger partial charge in [0, 0.05) is 43.8 Å². The Bertz CT molecular complexity index is 664. The lowest BCUT2D eigenvalue weighted by atomic mass is 9.93. The molecule has 6 heteroatoms. The zero-order chi connectivity index (χ0) is 16.1. The van der Waals surface area contributed by atoms with E-state index in [0.717, 1.165) is 41.5 Å². The van der Waals surface area contributed by atoms with Gasteiger partial charge in [0.2, 0.25) is 0 Å². The minimum absolute atomic E-state index is 0.0212. The molecule has 1 aliphatic rings. The molecule has 1 atom stereocenters. The van der Waals surface area contributed by atoms with Crippen molar-refractivity contribution in [2.75, 3.05) is 25.4 Å². The predicted octanol–water partition coefficient (Wildman–Crippen LogP) is 2.02. The Morgan fingerprint density at radius 1 is 1.48 bits per heavy atom. The van der Waals surface area contributed by atoms with E-state index in [2.05, 4.69) is 21.7 Å². The van der Waals surface area contributed by atoms with E-state index in [1.165, 1.54) is 0 Å². The summed E-state index contributed by atoms with van der Waals surface area (Å²) in [5.74, 6) is 1.27. The number of carbonyl (C=O) groups is 1. The first-order valence-corrected chi connectivity index (χ1v) is 8.92. The second-order valence-corrected chi connectivity index (χ2v) is 6.76. The molecule has 2 N–H and O–H groups in total. The molecular weight excluding hydrogens is 308 g/mol. The maximum absolute atomic E-state index is 12.5. The first-order valence-electron chi connectivity index (χ1n) is 7.93. The lowest BCUT2D eigenvalue weighted by Crippen LogP contribution is -2.27. The van der Waals surface area contributed by atoms with E-state index in [1.54, 1.807) is 18.0 Å². The summed E-state index contributed by atoms with van der Waals surface area (Å²) in [6.45, 7) is 2.62. The number of amides is 1. The highest BCUT2D eigenvalue weighted by Gasteiger charge is 2.21. The molecular formula is C17H22N4OS. The summed E-state index contributed by atoms with van der Waals surface area (Å²) in [4.78, 5) is 16.8. The predicted molar refractivity (Wildman–Crippen MR) is 92.9 cm³/mol. The third-order valence-corrected chi connectivity index (χ3v) is 5.16. The fourth-order valence-electron chi connectivity index (χ4n) is 2.87. The molecule has 2 heterocycles. The van der Waals surface area contributed by atoms with Crippen LogP contribution in [0.2, 0.25) is 0 Å². The van der Waals surface area contributed by atoms with Crippen LogP contribution in [0.4, 0.5) is 0 Å². The highest BCUT2D eigenvalue weighted by atomic mass is 32.2. The van der Waals surface area contributed by atoms with Gasteiger partial charge in [-0.15, -0.1) is 0 Å². The first kappa shape index (κ1) is 16.1. The van der Waals surface area contributed by atoms with Crippen LogP contribution in [0.3, 0.4) is 0 Å². The molecule has 2 aromatic rings. The Hall–Kier alpha value is -1.79. The average Bonchev–Trinajstić information content (AvgIpc) is 3.23. The number of hydrogen-bond donors (Lipinski definition) is 2. The normalized spacial score (nSPS) is 17.3. The van der Waals surface area contributed by atoms with Crippen LogP contribution in [0.25, 0.3) is 0 Å². The molecule has 0 saturated carbocycles. The molecule has 1 saturated heterocycles. The number of rotatable bonds is 6. The zero-order valence-electron chi connectivity index (χ0n) is 13.3. The van der Waals surface area contributed by atoms with Crippen LogP contribution >= 0.6 is 11.8 Å². The zero-order valence-corrected chi connectivity index (χ0v) is 14.1. The van der Waals surface area contributed by atoms with Crippen molar-refractivity contribution >= 4 is 17.7 Å². The standard InChI is InChI=1S/C17H22N4OS/c1-21-10-8-20-17(21)23-11-9-19-16(22)15-5-3-2-4-14(15)13-6-7-18-12-13/h2-5,8,10,13,18H,6-7,9,11-12H2,1H3,(H,19,22)/t13-/m1/s1. The lowest BCUT2D eigenvalue weighted by Gasteiger charge is -2.14. The summed E-state index contributed by atoms with van der Waals surface area (Å²) < 4.78 is 1.98. The van der Waals surface area contributed by atoms with E-state index in [1.807, 2.05) is 36.0 Å². The number of aromatic nitrogens is 2. The average molecular weight is 330 g/mol. The first-order chi connectivity index (χ1) is 11.3. The van der Waals surface area contributed by atoms with Crippen LogP contribution in [-0.4, -0.2) is 40.8 Å². The Morgan fingerprint density at radius 2 is 2.35 bits per heavy atom. The molecule has 122 valence electrons. The van der Waals surface area contributed by atoms with Crippen molar-refractivity contribution in [3.8, 4) is 0 Å². The van der Waals surface area contributed by atoms with Crippen molar-refractivity contribution in [1.82, 2.24) is 20.2 Å². The van der Waals surface area contributed by atoms with Gasteiger partial charge in [-0.2, -0.15) is 0 Å². The van der Waals surface area contributed by atoms with Crippen molar-refractivity contribution in [1.29, 1.82) is 0 Å². The third-order valence-electron chi connectivity index (χ3n) is 4.10. The second kappa shape index (κ2) is 7.66. The topological polar surface area (TPSA) is 59.0 Å². The molecule has 1 fully saturated rings. The molecule has 3 rings (SSSR count). The number of nitrogens with one attached hydrogen (secondary N) is 2. The molecule has 1 aromatic carbocycles. The fraction of sp³-hybridized carbons (Fsp3) is 0.412. The van der Waals surface area contributed by atoms with Gasteiger partial charge in [-0.1, -0.05) is 30.0 Å². The minimum Gasteiger partial charge on any atom is -0.351 e. The van der Waals surface area contributed by atoms with Crippen LogP contribution in [0.15, 0.2) is 41.8 Å². The molecule has 5 nitrogen and oxygen atoms in total. The smallest absolute Gasteiger partial charge is 0.251 e. The maximum atomic E-state index is 12.5. The SMILES string of the molecule is Cn1ccnc1SCCNC(=O)c1ccccc1[C@@H]1CCNC1. The van der Waals surface area contributed by atoms with Crippen molar-refractivity contribution < 1.29 is 4.79 Å².